The number of amides is 1. The van der Waals surface area contributed by atoms with Crippen LogP contribution in [0.3, 0.4) is 0 Å². The molecule has 6 heteroatoms. The van der Waals surface area contributed by atoms with Gasteiger partial charge in [-0.05, 0) is 47.1 Å². The lowest BCUT2D eigenvalue weighted by molar-refractivity contribution is -0.118. The SMILES string of the molecule is CC1=NN(c2ccccc2)C(=O)[C@@H]1C(=O)c1ccc(Br)o1. The molecule has 3 rings (SSSR count). The molecule has 1 amide bonds. The van der Waals surface area contributed by atoms with Crippen LogP contribution in [0.25, 0.3) is 0 Å². The molecule has 106 valence electrons. The van der Waals surface area contributed by atoms with Crippen LogP contribution < -0.4 is 5.01 Å². The van der Waals surface area contributed by atoms with Crippen LogP contribution in [0.5, 0.6) is 0 Å². The molecular formula is C15H11BrN2O3. The van der Waals surface area contributed by atoms with Gasteiger partial charge in [0.15, 0.2) is 10.4 Å². The molecule has 2 heterocycles. The normalized spacial score (nSPS) is 18.0. The van der Waals surface area contributed by atoms with Crippen molar-refractivity contribution >= 4 is 39.0 Å². The van der Waals surface area contributed by atoms with Crippen LogP contribution in [0.1, 0.15) is 17.5 Å². The molecule has 0 saturated carbocycles. The molecule has 0 fully saturated rings. The Morgan fingerprint density at radius 3 is 2.57 bits per heavy atom. The standard InChI is InChI=1S/C15H11BrN2O3/c1-9-13(14(19)11-7-8-12(16)21-11)15(20)18(17-9)10-5-3-2-4-6-10/h2-8,13H,1H3/t13-/m0/s1. The van der Waals surface area contributed by atoms with Gasteiger partial charge < -0.3 is 4.42 Å². The lowest BCUT2D eigenvalue weighted by Gasteiger charge is -2.13. The molecular weight excluding hydrogens is 336 g/mol. The van der Waals surface area contributed by atoms with Crippen molar-refractivity contribution in [3.8, 4) is 0 Å². The van der Waals surface area contributed by atoms with Gasteiger partial charge in [0.25, 0.3) is 5.91 Å². The summed E-state index contributed by atoms with van der Waals surface area (Å²) >= 11 is 3.14. The number of para-hydroxylation sites is 1. The Kier molecular flexibility index (Phi) is 3.47. The van der Waals surface area contributed by atoms with E-state index < -0.39 is 5.92 Å². The van der Waals surface area contributed by atoms with Crippen molar-refractivity contribution in [1.82, 2.24) is 0 Å². The second kappa shape index (κ2) is 5.29. The highest BCUT2D eigenvalue weighted by atomic mass is 79.9. The molecule has 5 nitrogen and oxygen atoms in total. The number of furan rings is 1. The summed E-state index contributed by atoms with van der Waals surface area (Å²) in [4.78, 5) is 24.9. The monoisotopic (exact) mass is 346 g/mol. The molecule has 0 unspecified atom stereocenters. The predicted octanol–water partition coefficient (Wildman–Crippen LogP) is 3.26. The first-order valence-electron chi connectivity index (χ1n) is 6.31. The minimum absolute atomic E-state index is 0.143. The number of carbonyl (C=O) groups excluding carboxylic acids is 2. The van der Waals surface area contributed by atoms with Crippen LogP contribution in [0.2, 0.25) is 0 Å². The molecule has 1 aliphatic rings. The van der Waals surface area contributed by atoms with E-state index in [0.29, 0.717) is 16.1 Å². The number of benzene rings is 1. The van der Waals surface area contributed by atoms with Crippen molar-refractivity contribution in [1.29, 1.82) is 0 Å². The van der Waals surface area contributed by atoms with Crippen LogP contribution in [-0.2, 0) is 4.79 Å². The maximum atomic E-state index is 12.5. The van der Waals surface area contributed by atoms with Crippen molar-refractivity contribution < 1.29 is 14.0 Å². The van der Waals surface area contributed by atoms with Gasteiger partial charge in [-0.1, -0.05) is 18.2 Å². The number of hydrazone groups is 1. The Balaban J connectivity index is 1.91. The van der Waals surface area contributed by atoms with Gasteiger partial charge in [0.1, 0.15) is 5.92 Å². The van der Waals surface area contributed by atoms with E-state index in [0.717, 1.165) is 0 Å². The number of nitrogens with zero attached hydrogens (tertiary/aromatic N) is 2. The molecule has 21 heavy (non-hydrogen) atoms. The zero-order valence-corrected chi connectivity index (χ0v) is 12.7. The Labute approximate surface area is 129 Å². The van der Waals surface area contributed by atoms with Gasteiger partial charge in [0, 0.05) is 0 Å². The summed E-state index contributed by atoms with van der Waals surface area (Å²) in [6.07, 6.45) is 0. The number of ketones is 1. The quantitative estimate of drug-likeness (QED) is 0.632. The highest BCUT2D eigenvalue weighted by Gasteiger charge is 2.41. The Morgan fingerprint density at radius 1 is 1.24 bits per heavy atom. The number of halogens is 1. The van der Waals surface area contributed by atoms with Gasteiger partial charge in [-0.25, -0.2) is 0 Å². The Hall–Kier alpha value is -2.21. The predicted molar refractivity (Wildman–Crippen MR) is 81.3 cm³/mol. The van der Waals surface area contributed by atoms with E-state index in [1.807, 2.05) is 18.2 Å². The summed E-state index contributed by atoms with van der Waals surface area (Å²) in [5, 5.41) is 5.46. The van der Waals surface area contributed by atoms with Crippen LogP contribution in [0.15, 0.2) is 56.7 Å². The van der Waals surface area contributed by atoms with Crippen molar-refractivity contribution in [2.45, 2.75) is 6.92 Å². The van der Waals surface area contributed by atoms with Crippen LogP contribution in [0, 0.1) is 5.92 Å². The van der Waals surface area contributed by atoms with Crippen molar-refractivity contribution in [3.05, 3.63) is 52.9 Å². The van der Waals surface area contributed by atoms with E-state index in [9.17, 15) is 9.59 Å². The van der Waals surface area contributed by atoms with E-state index in [4.69, 9.17) is 4.42 Å². The molecule has 0 aliphatic carbocycles. The summed E-state index contributed by atoms with van der Waals surface area (Å²) in [6, 6.07) is 12.2. The first kappa shape index (κ1) is 13.8. The number of hydrogen-bond donors (Lipinski definition) is 0. The lowest BCUT2D eigenvalue weighted by Crippen LogP contribution is -2.32. The molecule has 1 aromatic heterocycles. The van der Waals surface area contributed by atoms with Crippen LogP contribution >= 0.6 is 15.9 Å². The number of anilines is 1. The number of rotatable bonds is 3. The van der Waals surface area contributed by atoms with E-state index in [2.05, 4.69) is 21.0 Å². The number of hydrogen-bond acceptors (Lipinski definition) is 4. The fourth-order valence-corrected chi connectivity index (χ4v) is 2.52. The Morgan fingerprint density at radius 2 is 1.95 bits per heavy atom. The molecule has 0 radical (unpaired) electrons. The van der Waals surface area contributed by atoms with Gasteiger partial charge in [-0.2, -0.15) is 10.1 Å². The largest absolute Gasteiger partial charge is 0.446 e. The third-order valence-corrected chi connectivity index (χ3v) is 3.64. The molecule has 0 saturated heterocycles. The topological polar surface area (TPSA) is 62.9 Å². The minimum Gasteiger partial charge on any atom is -0.446 e. The summed E-state index contributed by atoms with van der Waals surface area (Å²) in [6.45, 7) is 1.67. The molecule has 0 spiro atoms. The van der Waals surface area contributed by atoms with Gasteiger partial charge in [0.2, 0.25) is 5.78 Å². The Bertz CT molecular complexity index is 736. The maximum Gasteiger partial charge on any atom is 0.264 e. The van der Waals surface area contributed by atoms with Gasteiger partial charge in [-0.15, -0.1) is 0 Å². The highest BCUT2D eigenvalue weighted by molar-refractivity contribution is 9.10. The molecule has 2 aromatic rings. The molecule has 0 N–H and O–H groups in total. The van der Waals surface area contributed by atoms with E-state index >= 15 is 0 Å². The molecule has 0 bridgehead atoms. The lowest BCUT2D eigenvalue weighted by atomic mass is 9.97. The average Bonchev–Trinajstić information content (AvgIpc) is 3.03. The van der Waals surface area contributed by atoms with E-state index in [1.165, 1.54) is 11.1 Å². The second-order valence-corrected chi connectivity index (χ2v) is 5.41. The summed E-state index contributed by atoms with van der Waals surface area (Å²) < 4.78 is 5.69. The third kappa shape index (κ3) is 2.42. The van der Waals surface area contributed by atoms with Crippen LogP contribution in [0.4, 0.5) is 5.69 Å². The minimum atomic E-state index is -0.928. The van der Waals surface area contributed by atoms with E-state index in [-0.39, 0.29) is 17.5 Å². The summed E-state index contributed by atoms with van der Waals surface area (Å²) in [5.41, 5.74) is 1.10. The first-order valence-corrected chi connectivity index (χ1v) is 7.11. The highest BCUT2D eigenvalue weighted by Crippen LogP contribution is 2.27. The fourth-order valence-electron chi connectivity index (χ4n) is 2.21. The maximum absolute atomic E-state index is 12.5. The van der Waals surface area contributed by atoms with E-state index in [1.54, 1.807) is 25.1 Å². The zero-order valence-electron chi connectivity index (χ0n) is 11.1. The summed E-state index contributed by atoms with van der Waals surface area (Å²) in [7, 11) is 0. The van der Waals surface area contributed by atoms with Gasteiger partial charge in [0.05, 0.1) is 11.4 Å². The number of carbonyl (C=O) groups is 2. The van der Waals surface area contributed by atoms with Crippen LogP contribution in [-0.4, -0.2) is 17.4 Å². The zero-order chi connectivity index (χ0) is 15.0. The smallest absolute Gasteiger partial charge is 0.264 e. The third-order valence-electron chi connectivity index (χ3n) is 3.21. The van der Waals surface area contributed by atoms with Gasteiger partial charge in [-0.3, -0.25) is 9.59 Å². The molecule has 1 aliphatic heterocycles. The summed E-state index contributed by atoms with van der Waals surface area (Å²) in [5.74, 6) is -1.53. The fraction of sp³-hybridized carbons (Fsp3) is 0.133. The van der Waals surface area contributed by atoms with Crippen molar-refractivity contribution in [2.75, 3.05) is 5.01 Å². The van der Waals surface area contributed by atoms with Crippen molar-refractivity contribution in [3.63, 3.8) is 0 Å². The number of Topliss-reactive ketones (excluding diaryl/α,β-unsaturated/α-hetero) is 1. The van der Waals surface area contributed by atoms with Gasteiger partial charge >= 0.3 is 0 Å². The second-order valence-electron chi connectivity index (χ2n) is 4.63. The first-order chi connectivity index (χ1) is 10.1. The van der Waals surface area contributed by atoms with Crippen molar-refractivity contribution in [2.24, 2.45) is 11.0 Å². The molecule has 1 aromatic carbocycles. The average molecular weight is 347 g/mol. The molecule has 1 atom stereocenters.